The molecule has 0 fully saturated rings. The van der Waals surface area contributed by atoms with Crippen molar-refractivity contribution in [2.24, 2.45) is 5.10 Å². The summed E-state index contributed by atoms with van der Waals surface area (Å²) in [4.78, 5) is 22.6. The maximum atomic E-state index is 12.3. The Morgan fingerprint density at radius 1 is 1.38 bits per heavy atom. The maximum absolute atomic E-state index is 12.3. The molecule has 0 saturated carbocycles. The van der Waals surface area contributed by atoms with Crippen molar-refractivity contribution >= 4 is 17.8 Å². The third-order valence-electron chi connectivity index (χ3n) is 3.99. The number of benzene rings is 2. The van der Waals surface area contributed by atoms with Crippen LogP contribution in [0, 0.1) is 10.1 Å². The van der Waals surface area contributed by atoms with Crippen molar-refractivity contribution in [1.29, 1.82) is 0 Å². The van der Waals surface area contributed by atoms with Crippen molar-refractivity contribution in [3.8, 4) is 11.5 Å². The molecule has 10 heteroatoms. The summed E-state index contributed by atoms with van der Waals surface area (Å²) < 4.78 is 6.71. The summed E-state index contributed by atoms with van der Waals surface area (Å²) >= 11 is 0. The summed E-state index contributed by atoms with van der Waals surface area (Å²) in [7, 11) is 1.34. The van der Waals surface area contributed by atoms with E-state index in [0.29, 0.717) is 12.1 Å². The summed E-state index contributed by atoms with van der Waals surface area (Å²) in [6.45, 7) is 0.513. The van der Waals surface area contributed by atoms with E-state index in [1.807, 2.05) is 18.3 Å². The summed E-state index contributed by atoms with van der Waals surface area (Å²) in [5.74, 6) is -0.871. The van der Waals surface area contributed by atoms with E-state index in [9.17, 15) is 20.0 Å². The molecule has 1 aromatic heterocycles. The lowest BCUT2D eigenvalue weighted by Crippen LogP contribution is -2.18. The summed E-state index contributed by atoms with van der Waals surface area (Å²) in [5.41, 5.74) is 3.10. The fourth-order valence-electron chi connectivity index (χ4n) is 2.59. The molecule has 0 bridgehead atoms. The third-order valence-corrected chi connectivity index (χ3v) is 3.99. The van der Waals surface area contributed by atoms with E-state index >= 15 is 0 Å². The maximum Gasteiger partial charge on any atom is 0.315 e. The second kappa shape index (κ2) is 8.65. The third kappa shape index (κ3) is 4.75. The molecule has 148 valence electrons. The van der Waals surface area contributed by atoms with Crippen LogP contribution in [0.15, 0.2) is 60.0 Å². The molecular formula is C19H17N5O5. The van der Waals surface area contributed by atoms with Crippen molar-refractivity contribution < 1.29 is 19.6 Å². The average Bonchev–Trinajstić information content (AvgIpc) is 3.22. The molecule has 10 nitrogen and oxygen atoms in total. The van der Waals surface area contributed by atoms with Crippen LogP contribution >= 0.6 is 0 Å². The predicted octanol–water partition coefficient (Wildman–Crippen LogP) is 2.32. The minimum absolute atomic E-state index is 0.0313. The monoisotopic (exact) mass is 395 g/mol. The van der Waals surface area contributed by atoms with Gasteiger partial charge in [0.2, 0.25) is 5.75 Å². The Morgan fingerprint density at radius 3 is 2.90 bits per heavy atom. The van der Waals surface area contributed by atoms with E-state index in [1.165, 1.54) is 13.2 Å². The zero-order chi connectivity index (χ0) is 20.8. The van der Waals surface area contributed by atoms with Gasteiger partial charge in [-0.05, 0) is 29.8 Å². The molecule has 0 spiro atoms. The molecular weight excluding hydrogens is 378 g/mol. The smallest absolute Gasteiger partial charge is 0.315 e. The minimum atomic E-state index is -0.737. The number of nitrogens with zero attached hydrogens (tertiary/aromatic N) is 4. The second-order valence-corrected chi connectivity index (χ2v) is 5.94. The van der Waals surface area contributed by atoms with Crippen LogP contribution < -0.4 is 10.2 Å². The lowest BCUT2D eigenvalue weighted by molar-refractivity contribution is -0.385. The molecule has 0 aliphatic heterocycles. The van der Waals surface area contributed by atoms with Crippen LogP contribution in [0.25, 0.3) is 0 Å². The van der Waals surface area contributed by atoms with E-state index < -0.39 is 22.3 Å². The Kier molecular flexibility index (Phi) is 5.83. The number of ether oxygens (including phenoxy) is 1. The number of methoxy groups -OCH3 is 1. The zero-order valence-corrected chi connectivity index (χ0v) is 15.3. The molecule has 1 heterocycles. The number of carbonyl (C=O) groups excluding carboxylic acids is 1. The SMILES string of the molecule is COc1cc(/C=N/NC(=O)c2cccc(Cn3cccn3)c2)c(O)c([N+](=O)[O-])c1. The summed E-state index contributed by atoms with van der Waals surface area (Å²) in [6.07, 6.45) is 4.59. The topological polar surface area (TPSA) is 132 Å². The first-order valence-electron chi connectivity index (χ1n) is 8.43. The number of hydrogen-bond donors (Lipinski definition) is 2. The number of hydrazone groups is 1. The van der Waals surface area contributed by atoms with Gasteiger partial charge in [-0.1, -0.05) is 12.1 Å². The van der Waals surface area contributed by atoms with E-state index in [1.54, 1.807) is 29.1 Å². The first-order valence-corrected chi connectivity index (χ1v) is 8.43. The van der Waals surface area contributed by atoms with Crippen LogP contribution in [0.2, 0.25) is 0 Å². The number of aromatic nitrogens is 2. The first-order chi connectivity index (χ1) is 14.0. The van der Waals surface area contributed by atoms with Gasteiger partial charge in [0.05, 0.1) is 30.9 Å². The predicted molar refractivity (Wildman–Crippen MR) is 104 cm³/mol. The van der Waals surface area contributed by atoms with Crippen molar-refractivity contribution in [2.45, 2.75) is 6.54 Å². The number of rotatable bonds is 7. The van der Waals surface area contributed by atoms with Gasteiger partial charge in [-0.15, -0.1) is 0 Å². The van der Waals surface area contributed by atoms with Gasteiger partial charge >= 0.3 is 5.69 Å². The van der Waals surface area contributed by atoms with Gasteiger partial charge in [-0.3, -0.25) is 19.6 Å². The molecule has 3 aromatic rings. The fourth-order valence-corrected chi connectivity index (χ4v) is 2.59. The lowest BCUT2D eigenvalue weighted by atomic mass is 10.1. The van der Waals surface area contributed by atoms with E-state index in [2.05, 4.69) is 15.6 Å². The Labute approximate surface area is 165 Å². The molecule has 3 rings (SSSR count). The fraction of sp³-hybridized carbons (Fsp3) is 0.105. The van der Waals surface area contributed by atoms with Gasteiger partial charge in [0.1, 0.15) is 5.75 Å². The Bertz CT molecular complexity index is 1060. The number of aromatic hydroxyl groups is 1. The summed E-state index contributed by atoms with van der Waals surface area (Å²) in [5, 5.41) is 28.9. The number of nitro benzene ring substituents is 1. The van der Waals surface area contributed by atoms with Gasteiger partial charge in [-0.2, -0.15) is 10.2 Å². The Balaban J connectivity index is 1.73. The first kappa shape index (κ1) is 19.5. The number of amides is 1. The molecule has 29 heavy (non-hydrogen) atoms. The highest BCUT2D eigenvalue weighted by molar-refractivity contribution is 5.95. The van der Waals surface area contributed by atoms with Crippen molar-refractivity contribution in [3.05, 3.63) is 81.7 Å². The number of phenols is 1. The van der Waals surface area contributed by atoms with Crippen molar-refractivity contribution in [2.75, 3.05) is 7.11 Å². The van der Waals surface area contributed by atoms with Gasteiger partial charge in [-0.25, -0.2) is 5.43 Å². The highest BCUT2D eigenvalue weighted by atomic mass is 16.6. The molecule has 0 unspecified atom stereocenters. The average molecular weight is 395 g/mol. The van der Waals surface area contributed by atoms with Crippen LogP contribution in [0.3, 0.4) is 0 Å². The van der Waals surface area contributed by atoms with Gasteiger partial charge < -0.3 is 9.84 Å². The number of phenolic OH excluding ortho intramolecular Hbond substituents is 1. The molecule has 0 atom stereocenters. The second-order valence-electron chi connectivity index (χ2n) is 5.94. The molecule has 2 aromatic carbocycles. The van der Waals surface area contributed by atoms with Crippen LogP contribution in [0.4, 0.5) is 5.69 Å². The standard InChI is InChI=1S/C19H17N5O5/c1-29-16-9-15(18(25)17(10-16)24(27)28)11-20-22-19(26)14-5-2-4-13(8-14)12-23-7-3-6-21-23/h2-11,25H,12H2,1H3,(H,22,26)/b20-11+. The number of nitrogens with one attached hydrogen (secondary N) is 1. The summed E-state index contributed by atoms with van der Waals surface area (Å²) in [6, 6.07) is 11.2. The van der Waals surface area contributed by atoms with Gasteiger partial charge in [0, 0.05) is 23.5 Å². The Morgan fingerprint density at radius 2 is 2.21 bits per heavy atom. The number of carbonyl (C=O) groups is 1. The van der Waals surface area contributed by atoms with Crippen LogP contribution in [-0.2, 0) is 6.54 Å². The van der Waals surface area contributed by atoms with Crippen LogP contribution in [0.1, 0.15) is 21.5 Å². The lowest BCUT2D eigenvalue weighted by Gasteiger charge is -2.06. The molecule has 0 aliphatic carbocycles. The van der Waals surface area contributed by atoms with Crippen molar-refractivity contribution in [3.63, 3.8) is 0 Å². The minimum Gasteiger partial charge on any atom is -0.502 e. The molecule has 0 radical (unpaired) electrons. The molecule has 0 saturated heterocycles. The van der Waals surface area contributed by atoms with E-state index in [0.717, 1.165) is 17.8 Å². The highest BCUT2D eigenvalue weighted by Crippen LogP contribution is 2.33. The van der Waals surface area contributed by atoms with Crippen LogP contribution in [-0.4, -0.2) is 39.0 Å². The number of hydrogen-bond acceptors (Lipinski definition) is 7. The van der Waals surface area contributed by atoms with E-state index in [-0.39, 0.29) is 11.3 Å². The van der Waals surface area contributed by atoms with E-state index in [4.69, 9.17) is 4.74 Å². The van der Waals surface area contributed by atoms with Crippen LogP contribution in [0.5, 0.6) is 11.5 Å². The Hall–Kier alpha value is -4.21. The number of nitro groups is 1. The molecule has 2 N–H and O–H groups in total. The van der Waals surface area contributed by atoms with Gasteiger partial charge in [0.25, 0.3) is 5.91 Å². The highest BCUT2D eigenvalue weighted by Gasteiger charge is 2.18. The molecule has 0 aliphatic rings. The quantitative estimate of drug-likeness (QED) is 0.358. The van der Waals surface area contributed by atoms with Gasteiger partial charge in [0.15, 0.2) is 0 Å². The largest absolute Gasteiger partial charge is 0.502 e. The normalized spacial score (nSPS) is 10.8. The zero-order valence-electron chi connectivity index (χ0n) is 15.3. The van der Waals surface area contributed by atoms with Crippen molar-refractivity contribution in [1.82, 2.24) is 15.2 Å². The molecule has 1 amide bonds.